The largest absolute Gasteiger partial charge is 0.488 e. The molecule has 2 rings (SSSR count). The van der Waals surface area contributed by atoms with E-state index in [0.29, 0.717) is 12.6 Å². The van der Waals surface area contributed by atoms with Gasteiger partial charge in [0.2, 0.25) is 0 Å². The summed E-state index contributed by atoms with van der Waals surface area (Å²) in [5, 5.41) is 5.51. The lowest BCUT2D eigenvalue weighted by atomic mass is 10.0. The average Bonchev–Trinajstić information content (AvgIpc) is 2.82. The van der Waals surface area contributed by atoms with E-state index in [1.807, 2.05) is 0 Å². The number of aryl methyl sites for hydroxylation is 1. The van der Waals surface area contributed by atoms with Crippen molar-refractivity contribution in [2.45, 2.75) is 33.4 Å². The lowest BCUT2D eigenvalue weighted by molar-refractivity contribution is 0.302. The van der Waals surface area contributed by atoms with E-state index in [-0.39, 0.29) is 0 Å². The predicted molar refractivity (Wildman–Crippen MR) is 89.6 cm³/mol. The van der Waals surface area contributed by atoms with Gasteiger partial charge >= 0.3 is 0 Å². The predicted octanol–water partition coefficient (Wildman–Crippen LogP) is 5.07. The maximum Gasteiger partial charge on any atom is 0.124 e. The van der Waals surface area contributed by atoms with Crippen molar-refractivity contribution in [3.63, 3.8) is 0 Å². The van der Waals surface area contributed by atoms with E-state index in [1.54, 1.807) is 11.3 Å². The van der Waals surface area contributed by atoms with E-state index in [1.165, 1.54) is 16.0 Å². The molecule has 0 bridgehead atoms. The number of ether oxygens (including phenoxy) is 1. The molecule has 20 heavy (non-hydrogen) atoms. The molecular formula is C16H20BrNOS. The van der Waals surface area contributed by atoms with Gasteiger partial charge in [-0.25, -0.2) is 0 Å². The standard InChI is InChI=1S/C16H20BrNOS/c1-4-18-12(3)13-6-5-11(2)9-15(13)19-10-16-14(17)7-8-20-16/h5-9,12,18H,4,10H2,1-3H3. The minimum atomic E-state index is 0.294. The van der Waals surface area contributed by atoms with Crippen molar-refractivity contribution in [3.8, 4) is 5.75 Å². The fourth-order valence-corrected chi connectivity index (χ4v) is 3.49. The fraction of sp³-hybridized carbons (Fsp3) is 0.375. The van der Waals surface area contributed by atoms with Crippen molar-refractivity contribution >= 4 is 27.3 Å². The van der Waals surface area contributed by atoms with Crippen molar-refractivity contribution in [2.75, 3.05) is 6.54 Å². The first-order chi connectivity index (χ1) is 9.61. The van der Waals surface area contributed by atoms with Crippen molar-refractivity contribution in [2.24, 2.45) is 0 Å². The zero-order valence-electron chi connectivity index (χ0n) is 12.1. The molecule has 0 amide bonds. The van der Waals surface area contributed by atoms with Crippen molar-refractivity contribution in [3.05, 3.63) is 50.1 Å². The van der Waals surface area contributed by atoms with Crippen molar-refractivity contribution < 1.29 is 4.74 Å². The Hall–Kier alpha value is -0.840. The van der Waals surface area contributed by atoms with Crippen LogP contribution in [-0.4, -0.2) is 6.54 Å². The Labute approximate surface area is 133 Å². The van der Waals surface area contributed by atoms with Crippen LogP contribution in [0.25, 0.3) is 0 Å². The summed E-state index contributed by atoms with van der Waals surface area (Å²) in [5.74, 6) is 0.971. The number of benzene rings is 1. The van der Waals surface area contributed by atoms with Crippen LogP contribution < -0.4 is 10.1 Å². The summed E-state index contributed by atoms with van der Waals surface area (Å²) in [6.07, 6.45) is 0. The van der Waals surface area contributed by atoms with Crippen LogP contribution in [0.2, 0.25) is 0 Å². The summed E-state index contributed by atoms with van der Waals surface area (Å²) in [4.78, 5) is 1.22. The molecule has 0 saturated heterocycles. The molecule has 0 radical (unpaired) electrons. The van der Waals surface area contributed by atoms with Gasteiger partial charge in [-0.2, -0.15) is 0 Å². The Morgan fingerprint density at radius 2 is 2.15 bits per heavy atom. The first kappa shape index (κ1) is 15.5. The molecule has 1 heterocycles. The number of rotatable bonds is 6. The van der Waals surface area contributed by atoms with Gasteiger partial charge in [0.25, 0.3) is 0 Å². The highest BCUT2D eigenvalue weighted by atomic mass is 79.9. The molecule has 1 N–H and O–H groups in total. The topological polar surface area (TPSA) is 21.3 Å². The normalized spacial score (nSPS) is 12.4. The number of hydrogen-bond acceptors (Lipinski definition) is 3. The van der Waals surface area contributed by atoms with E-state index in [9.17, 15) is 0 Å². The molecule has 0 saturated carbocycles. The van der Waals surface area contributed by atoms with Crippen LogP contribution in [0, 0.1) is 6.92 Å². The molecule has 0 aliphatic heterocycles. The highest BCUT2D eigenvalue weighted by molar-refractivity contribution is 9.10. The first-order valence-electron chi connectivity index (χ1n) is 6.80. The van der Waals surface area contributed by atoms with Crippen LogP contribution in [0.3, 0.4) is 0 Å². The van der Waals surface area contributed by atoms with Crippen LogP contribution in [0.5, 0.6) is 5.75 Å². The molecule has 2 aromatic rings. The van der Waals surface area contributed by atoms with Gasteiger partial charge in [0.15, 0.2) is 0 Å². The SMILES string of the molecule is CCNC(C)c1ccc(C)cc1OCc1sccc1Br. The van der Waals surface area contributed by atoms with Gasteiger partial charge in [-0.05, 0) is 59.4 Å². The minimum Gasteiger partial charge on any atom is -0.488 e. The van der Waals surface area contributed by atoms with Gasteiger partial charge in [-0.15, -0.1) is 11.3 Å². The lowest BCUT2D eigenvalue weighted by Gasteiger charge is -2.18. The van der Waals surface area contributed by atoms with Crippen molar-refractivity contribution in [1.82, 2.24) is 5.32 Å². The van der Waals surface area contributed by atoms with Gasteiger partial charge in [-0.3, -0.25) is 0 Å². The van der Waals surface area contributed by atoms with Crippen LogP contribution in [-0.2, 0) is 6.61 Å². The second-order valence-corrected chi connectivity index (χ2v) is 6.66. The summed E-state index contributed by atoms with van der Waals surface area (Å²) in [5.41, 5.74) is 2.43. The lowest BCUT2D eigenvalue weighted by Crippen LogP contribution is -2.18. The Morgan fingerprint density at radius 3 is 2.80 bits per heavy atom. The Bertz CT molecular complexity index is 567. The van der Waals surface area contributed by atoms with Gasteiger partial charge < -0.3 is 10.1 Å². The molecule has 1 aromatic heterocycles. The van der Waals surface area contributed by atoms with Gasteiger partial charge in [0, 0.05) is 16.1 Å². The molecule has 4 heteroatoms. The molecule has 0 fully saturated rings. The summed E-state index contributed by atoms with van der Waals surface area (Å²) < 4.78 is 7.17. The number of hydrogen-bond donors (Lipinski definition) is 1. The quantitative estimate of drug-likeness (QED) is 0.782. The summed E-state index contributed by atoms with van der Waals surface area (Å²) in [6.45, 7) is 7.93. The molecule has 2 nitrogen and oxygen atoms in total. The highest BCUT2D eigenvalue weighted by Gasteiger charge is 2.12. The fourth-order valence-electron chi connectivity index (χ4n) is 2.11. The number of thiophene rings is 1. The zero-order valence-corrected chi connectivity index (χ0v) is 14.5. The molecule has 0 spiro atoms. The van der Waals surface area contributed by atoms with Gasteiger partial charge in [0.1, 0.15) is 12.4 Å². The van der Waals surface area contributed by atoms with Crippen molar-refractivity contribution in [1.29, 1.82) is 0 Å². The molecule has 1 atom stereocenters. The third-order valence-electron chi connectivity index (χ3n) is 3.20. The van der Waals surface area contributed by atoms with Crippen LogP contribution in [0.15, 0.2) is 34.1 Å². The van der Waals surface area contributed by atoms with E-state index in [0.717, 1.165) is 16.8 Å². The van der Waals surface area contributed by atoms with Crippen LogP contribution >= 0.6 is 27.3 Å². The first-order valence-corrected chi connectivity index (χ1v) is 8.47. The average molecular weight is 354 g/mol. The van der Waals surface area contributed by atoms with Crippen LogP contribution in [0.4, 0.5) is 0 Å². The van der Waals surface area contributed by atoms with Crippen LogP contribution in [0.1, 0.15) is 35.9 Å². The molecular weight excluding hydrogens is 334 g/mol. The van der Waals surface area contributed by atoms with E-state index >= 15 is 0 Å². The summed E-state index contributed by atoms with van der Waals surface area (Å²) in [7, 11) is 0. The van der Waals surface area contributed by atoms with E-state index < -0.39 is 0 Å². The third-order valence-corrected chi connectivity index (χ3v) is 5.10. The monoisotopic (exact) mass is 353 g/mol. The maximum absolute atomic E-state index is 6.05. The van der Waals surface area contributed by atoms with E-state index in [2.05, 4.69) is 71.7 Å². The van der Waals surface area contributed by atoms with Gasteiger partial charge in [0.05, 0.1) is 4.88 Å². The smallest absolute Gasteiger partial charge is 0.124 e. The Balaban J connectivity index is 2.17. The molecule has 108 valence electrons. The zero-order chi connectivity index (χ0) is 14.5. The second-order valence-electron chi connectivity index (χ2n) is 4.80. The Kier molecular flexibility index (Phi) is 5.64. The Morgan fingerprint density at radius 1 is 1.35 bits per heavy atom. The minimum absolute atomic E-state index is 0.294. The highest BCUT2D eigenvalue weighted by Crippen LogP contribution is 2.29. The molecule has 1 aromatic carbocycles. The van der Waals surface area contributed by atoms with Gasteiger partial charge in [-0.1, -0.05) is 19.1 Å². The number of nitrogens with one attached hydrogen (secondary N) is 1. The molecule has 0 aliphatic rings. The third kappa shape index (κ3) is 3.84. The molecule has 0 aliphatic carbocycles. The summed E-state index contributed by atoms with van der Waals surface area (Å²) >= 11 is 5.25. The van der Waals surface area contributed by atoms with E-state index in [4.69, 9.17) is 4.74 Å². The molecule has 1 unspecified atom stereocenters. The number of halogens is 1. The summed E-state index contributed by atoms with van der Waals surface area (Å²) in [6, 6.07) is 8.76. The maximum atomic E-state index is 6.05. The second kappa shape index (κ2) is 7.25.